The minimum atomic E-state index is -0.884. The van der Waals surface area contributed by atoms with Gasteiger partial charge in [-0.2, -0.15) is 0 Å². The number of nitrogens with one attached hydrogen (secondary N) is 1. The number of amides is 1. The van der Waals surface area contributed by atoms with Crippen LogP contribution in [0.25, 0.3) is 6.08 Å². The first kappa shape index (κ1) is 13.5. The number of carbonyl (C=O) groups excluding carboxylic acids is 1. The molecular weight excluding hydrogens is 214 g/mol. The number of rotatable bonds is 3. The molecule has 0 bridgehead atoms. The van der Waals surface area contributed by atoms with E-state index in [9.17, 15) is 9.90 Å². The molecule has 0 aliphatic carbocycles. The molecule has 3 heteroatoms. The van der Waals surface area contributed by atoms with Crippen molar-refractivity contribution in [1.82, 2.24) is 5.32 Å². The molecule has 0 fully saturated rings. The van der Waals surface area contributed by atoms with Crippen LogP contribution in [0.4, 0.5) is 0 Å². The molecule has 1 rings (SSSR count). The van der Waals surface area contributed by atoms with E-state index in [1.165, 1.54) is 0 Å². The van der Waals surface area contributed by atoms with Crippen LogP contribution in [0, 0.1) is 6.92 Å². The zero-order valence-electron chi connectivity index (χ0n) is 10.7. The van der Waals surface area contributed by atoms with Gasteiger partial charge in [0.1, 0.15) is 0 Å². The van der Waals surface area contributed by atoms with E-state index in [-0.39, 0.29) is 5.91 Å². The van der Waals surface area contributed by atoms with Crippen LogP contribution in [0.3, 0.4) is 0 Å². The lowest BCUT2D eigenvalue weighted by Gasteiger charge is -2.11. The maximum atomic E-state index is 11.7. The van der Waals surface area contributed by atoms with E-state index in [1.54, 1.807) is 33.0 Å². The van der Waals surface area contributed by atoms with Gasteiger partial charge in [-0.15, -0.1) is 0 Å². The van der Waals surface area contributed by atoms with Crippen molar-refractivity contribution < 1.29 is 9.90 Å². The molecule has 1 amide bonds. The summed E-state index contributed by atoms with van der Waals surface area (Å²) in [5.41, 5.74) is 1.57. The molecule has 0 heterocycles. The minimum absolute atomic E-state index is 0.121. The molecule has 3 nitrogen and oxygen atoms in total. The highest BCUT2D eigenvalue weighted by Crippen LogP contribution is 2.15. The van der Waals surface area contributed by atoms with Crippen LogP contribution in [0.2, 0.25) is 0 Å². The topological polar surface area (TPSA) is 49.3 Å². The monoisotopic (exact) mass is 233 g/mol. The minimum Gasteiger partial charge on any atom is -0.386 e. The lowest BCUT2D eigenvalue weighted by atomic mass is 10.0. The molecule has 1 aromatic rings. The SMILES string of the molecule is CNC(=O)c1cc(C)ccc1/C=C/C(C)(C)O. The van der Waals surface area contributed by atoms with Crippen LogP contribution in [0.15, 0.2) is 24.3 Å². The van der Waals surface area contributed by atoms with Gasteiger partial charge < -0.3 is 10.4 Å². The van der Waals surface area contributed by atoms with Gasteiger partial charge in [0.15, 0.2) is 0 Å². The summed E-state index contributed by atoms with van der Waals surface area (Å²) in [5.74, 6) is -0.121. The van der Waals surface area contributed by atoms with Gasteiger partial charge in [-0.1, -0.05) is 29.8 Å². The molecule has 0 radical (unpaired) electrons. The Morgan fingerprint density at radius 1 is 1.41 bits per heavy atom. The third-order valence-corrected chi connectivity index (χ3v) is 2.35. The average molecular weight is 233 g/mol. The van der Waals surface area contributed by atoms with Crippen LogP contribution in [-0.2, 0) is 0 Å². The lowest BCUT2D eigenvalue weighted by molar-refractivity contribution is 0.0962. The van der Waals surface area contributed by atoms with Gasteiger partial charge in [0.2, 0.25) is 0 Å². The molecule has 0 unspecified atom stereocenters. The zero-order chi connectivity index (χ0) is 13.1. The van der Waals surface area contributed by atoms with Crippen LogP contribution in [-0.4, -0.2) is 23.7 Å². The second kappa shape index (κ2) is 5.15. The van der Waals surface area contributed by atoms with Crippen molar-refractivity contribution in [3.8, 4) is 0 Å². The van der Waals surface area contributed by atoms with Crippen molar-refractivity contribution in [3.05, 3.63) is 41.0 Å². The van der Waals surface area contributed by atoms with Crippen molar-refractivity contribution in [2.45, 2.75) is 26.4 Å². The largest absolute Gasteiger partial charge is 0.386 e. The molecule has 0 atom stereocenters. The summed E-state index contributed by atoms with van der Waals surface area (Å²) in [6.45, 7) is 5.32. The van der Waals surface area contributed by atoms with Crippen LogP contribution in [0.1, 0.15) is 35.3 Å². The number of hydrogen-bond donors (Lipinski definition) is 2. The maximum absolute atomic E-state index is 11.7. The Balaban J connectivity index is 3.15. The van der Waals surface area contributed by atoms with Gasteiger partial charge in [-0.25, -0.2) is 0 Å². The fraction of sp³-hybridized carbons (Fsp3) is 0.357. The first-order valence-electron chi connectivity index (χ1n) is 5.58. The second-order valence-electron chi connectivity index (χ2n) is 4.66. The third kappa shape index (κ3) is 4.04. The molecule has 0 aliphatic heterocycles. The summed E-state index contributed by atoms with van der Waals surface area (Å²) in [6.07, 6.45) is 3.44. The first-order valence-corrected chi connectivity index (χ1v) is 5.58. The summed E-state index contributed by atoms with van der Waals surface area (Å²) in [6, 6.07) is 5.65. The fourth-order valence-corrected chi connectivity index (χ4v) is 1.44. The van der Waals surface area contributed by atoms with E-state index in [0.717, 1.165) is 11.1 Å². The standard InChI is InChI=1S/C14H19NO2/c1-10-5-6-11(7-8-14(2,3)17)12(9-10)13(16)15-4/h5-9,17H,1-4H3,(H,15,16)/b8-7+. The Morgan fingerprint density at radius 2 is 2.06 bits per heavy atom. The number of hydrogen-bond acceptors (Lipinski definition) is 2. The molecule has 0 aromatic heterocycles. The Kier molecular flexibility index (Phi) is 4.07. The molecule has 92 valence electrons. The normalized spacial score (nSPS) is 11.8. The van der Waals surface area contributed by atoms with Crippen molar-refractivity contribution >= 4 is 12.0 Å². The maximum Gasteiger partial charge on any atom is 0.251 e. The quantitative estimate of drug-likeness (QED) is 0.840. The zero-order valence-corrected chi connectivity index (χ0v) is 10.7. The van der Waals surface area contributed by atoms with Gasteiger partial charge >= 0.3 is 0 Å². The molecule has 2 N–H and O–H groups in total. The predicted molar refractivity (Wildman–Crippen MR) is 69.9 cm³/mol. The molecule has 17 heavy (non-hydrogen) atoms. The molecule has 0 aliphatic rings. The molecule has 0 spiro atoms. The fourth-order valence-electron chi connectivity index (χ4n) is 1.44. The highest BCUT2D eigenvalue weighted by Gasteiger charge is 2.10. The van der Waals surface area contributed by atoms with E-state index in [2.05, 4.69) is 5.32 Å². The van der Waals surface area contributed by atoms with E-state index in [1.807, 2.05) is 25.1 Å². The molecule has 0 saturated heterocycles. The van der Waals surface area contributed by atoms with Crippen molar-refractivity contribution in [3.63, 3.8) is 0 Å². The predicted octanol–water partition coefficient (Wildman–Crippen LogP) is 2.14. The second-order valence-corrected chi connectivity index (χ2v) is 4.66. The van der Waals surface area contributed by atoms with E-state index in [0.29, 0.717) is 5.56 Å². The van der Waals surface area contributed by atoms with Gasteiger partial charge in [-0.3, -0.25) is 4.79 Å². The third-order valence-electron chi connectivity index (χ3n) is 2.35. The van der Waals surface area contributed by atoms with Crippen molar-refractivity contribution in [2.75, 3.05) is 7.05 Å². The van der Waals surface area contributed by atoms with E-state index in [4.69, 9.17) is 0 Å². The van der Waals surface area contributed by atoms with E-state index < -0.39 is 5.60 Å². The van der Waals surface area contributed by atoms with Crippen LogP contribution in [0.5, 0.6) is 0 Å². The Bertz CT molecular complexity index is 442. The first-order chi connectivity index (χ1) is 7.83. The Morgan fingerprint density at radius 3 is 2.59 bits per heavy atom. The van der Waals surface area contributed by atoms with Crippen molar-refractivity contribution in [2.24, 2.45) is 0 Å². The highest BCUT2D eigenvalue weighted by molar-refractivity contribution is 5.97. The Hall–Kier alpha value is -1.61. The van der Waals surface area contributed by atoms with Gasteiger partial charge in [0.05, 0.1) is 5.60 Å². The summed E-state index contributed by atoms with van der Waals surface area (Å²) < 4.78 is 0. The van der Waals surface area contributed by atoms with Crippen LogP contribution >= 0.6 is 0 Å². The Labute approximate surface area is 102 Å². The summed E-state index contributed by atoms with van der Waals surface area (Å²) >= 11 is 0. The smallest absolute Gasteiger partial charge is 0.251 e. The van der Waals surface area contributed by atoms with E-state index >= 15 is 0 Å². The molecule has 1 aromatic carbocycles. The van der Waals surface area contributed by atoms with Gasteiger partial charge in [0, 0.05) is 12.6 Å². The van der Waals surface area contributed by atoms with Crippen molar-refractivity contribution in [1.29, 1.82) is 0 Å². The molecular formula is C14H19NO2. The summed E-state index contributed by atoms with van der Waals surface area (Å²) in [7, 11) is 1.61. The summed E-state index contributed by atoms with van der Waals surface area (Å²) in [5, 5.41) is 12.2. The average Bonchev–Trinajstić information content (AvgIpc) is 2.25. The van der Waals surface area contributed by atoms with Crippen LogP contribution < -0.4 is 5.32 Å². The number of aliphatic hydroxyl groups is 1. The summed E-state index contributed by atoms with van der Waals surface area (Å²) in [4.78, 5) is 11.7. The van der Waals surface area contributed by atoms with Gasteiger partial charge in [0.25, 0.3) is 5.91 Å². The highest BCUT2D eigenvalue weighted by atomic mass is 16.3. The molecule has 0 saturated carbocycles. The number of aryl methyl sites for hydroxylation is 1. The van der Waals surface area contributed by atoms with Gasteiger partial charge in [-0.05, 0) is 32.4 Å². The number of carbonyl (C=O) groups is 1. The lowest BCUT2D eigenvalue weighted by Crippen LogP contribution is -2.19. The number of benzene rings is 1.